The van der Waals surface area contributed by atoms with Crippen molar-refractivity contribution in [2.75, 3.05) is 31.1 Å². The number of rotatable bonds is 1. The molecule has 4 nitrogen and oxygen atoms in total. The summed E-state index contributed by atoms with van der Waals surface area (Å²) < 4.78 is 0. The summed E-state index contributed by atoms with van der Waals surface area (Å²) in [6.45, 7) is 4.21. The maximum Gasteiger partial charge on any atom is 0.147 e. The van der Waals surface area contributed by atoms with Gasteiger partial charge in [-0.25, -0.2) is 4.98 Å². The van der Waals surface area contributed by atoms with E-state index in [9.17, 15) is 5.26 Å². The van der Waals surface area contributed by atoms with Gasteiger partial charge in [-0.05, 0) is 24.0 Å². The van der Waals surface area contributed by atoms with Crippen molar-refractivity contribution >= 4 is 16.7 Å². The minimum absolute atomic E-state index is 0.691. The molecule has 2 atom stereocenters. The van der Waals surface area contributed by atoms with Gasteiger partial charge in [-0.15, -0.1) is 0 Å². The average Bonchev–Trinajstić information content (AvgIpc) is 3.07. The topological polar surface area (TPSA) is 52.0 Å². The Kier molecular flexibility index (Phi) is 2.61. The van der Waals surface area contributed by atoms with Crippen LogP contribution in [0.4, 0.5) is 5.82 Å². The number of para-hydroxylation sites is 1. The van der Waals surface area contributed by atoms with Crippen molar-refractivity contribution in [1.82, 2.24) is 10.3 Å². The first-order chi connectivity index (χ1) is 9.85. The Balaban J connectivity index is 1.77. The molecule has 4 rings (SSSR count). The number of hydrogen-bond donors (Lipinski definition) is 1. The average molecular weight is 264 g/mol. The van der Waals surface area contributed by atoms with Crippen molar-refractivity contribution in [2.24, 2.45) is 11.8 Å². The molecule has 100 valence electrons. The molecule has 4 heteroatoms. The summed E-state index contributed by atoms with van der Waals surface area (Å²) in [6.07, 6.45) is 0. The number of nitriles is 1. The highest BCUT2D eigenvalue weighted by molar-refractivity contribution is 5.83. The van der Waals surface area contributed by atoms with Gasteiger partial charge in [0.05, 0.1) is 11.1 Å². The van der Waals surface area contributed by atoms with E-state index in [-0.39, 0.29) is 0 Å². The quantitative estimate of drug-likeness (QED) is 0.852. The van der Waals surface area contributed by atoms with Gasteiger partial charge >= 0.3 is 0 Å². The van der Waals surface area contributed by atoms with E-state index in [0.29, 0.717) is 17.4 Å². The second kappa shape index (κ2) is 4.46. The van der Waals surface area contributed by atoms with Gasteiger partial charge in [-0.2, -0.15) is 5.26 Å². The van der Waals surface area contributed by atoms with Crippen LogP contribution in [0.3, 0.4) is 0 Å². The summed E-state index contributed by atoms with van der Waals surface area (Å²) in [4.78, 5) is 7.03. The Morgan fingerprint density at radius 1 is 1.20 bits per heavy atom. The van der Waals surface area contributed by atoms with E-state index in [4.69, 9.17) is 4.98 Å². The van der Waals surface area contributed by atoms with Gasteiger partial charge in [0.15, 0.2) is 0 Å². The second-order valence-electron chi connectivity index (χ2n) is 5.75. The maximum absolute atomic E-state index is 9.41. The predicted molar refractivity (Wildman–Crippen MR) is 78.5 cm³/mol. The lowest BCUT2D eigenvalue weighted by Crippen LogP contribution is -2.26. The zero-order valence-corrected chi connectivity index (χ0v) is 11.2. The number of pyridine rings is 1. The van der Waals surface area contributed by atoms with Crippen LogP contribution >= 0.6 is 0 Å². The summed E-state index contributed by atoms with van der Waals surface area (Å²) in [5, 5.41) is 13.9. The molecule has 0 amide bonds. The lowest BCUT2D eigenvalue weighted by Gasteiger charge is -2.20. The summed E-state index contributed by atoms with van der Waals surface area (Å²) in [6, 6.07) is 12.3. The van der Waals surface area contributed by atoms with E-state index in [2.05, 4.69) is 16.3 Å². The van der Waals surface area contributed by atoms with Crippen molar-refractivity contribution in [1.29, 1.82) is 5.26 Å². The van der Waals surface area contributed by atoms with E-state index in [0.717, 1.165) is 42.9 Å². The first-order valence-corrected chi connectivity index (χ1v) is 7.11. The zero-order chi connectivity index (χ0) is 13.5. The van der Waals surface area contributed by atoms with Gasteiger partial charge in [0.1, 0.15) is 11.9 Å². The summed E-state index contributed by atoms with van der Waals surface area (Å²) in [5.74, 6) is 2.27. The van der Waals surface area contributed by atoms with Crippen molar-refractivity contribution in [2.45, 2.75) is 0 Å². The molecule has 0 aliphatic carbocycles. The fraction of sp³-hybridized carbons (Fsp3) is 0.375. The third-order valence-electron chi connectivity index (χ3n) is 4.51. The van der Waals surface area contributed by atoms with Crippen LogP contribution in [0.15, 0.2) is 30.3 Å². The highest BCUT2D eigenvalue weighted by Gasteiger charge is 2.37. The summed E-state index contributed by atoms with van der Waals surface area (Å²) in [7, 11) is 0. The molecule has 0 bridgehead atoms. The van der Waals surface area contributed by atoms with E-state index in [1.807, 2.05) is 30.3 Å². The van der Waals surface area contributed by atoms with E-state index >= 15 is 0 Å². The van der Waals surface area contributed by atoms with Crippen molar-refractivity contribution < 1.29 is 0 Å². The highest BCUT2D eigenvalue weighted by Crippen LogP contribution is 2.32. The Labute approximate surface area is 118 Å². The maximum atomic E-state index is 9.41. The van der Waals surface area contributed by atoms with Crippen LogP contribution in [-0.4, -0.2) is 31.2 Å². The largest absolute Gasteiger partial charge is 0.355 e. The highest BCUT2D eigenvalue weighted by atomic mass is 15.2. The number of fused-ring (bicyclic) bond motifs is 2. The second-order valence-corrected chi connectivity index (χ2v) is 5.75. The minimum atomic E-state index is 0.691. The molecule has 0 saturated carbocycles. The molecule has 0 spiro atoms. The number of hydrogen-bond acceptors (Lipinski definition) is 4. The Morgan fingerprint density at radius 3 is 2.70 bits per heavy atom. The number of aromatic nitrogens is 1. The Morgan fingerprint density at radius 2 is 1.95 bits per heavy atom. The first-order valence-electron chi connectivity index (χ1n) is 7.11. The number of nitrogens with one attached hydrogen (secondary N) is 1. The molecule has 2 aliphatic heterocycles. The van der Waals surface area contributed by atoms with Gasteiger partial charge in [-0.3, -0.25) is 0 Å². The van der Waals surface area contributed by atoms with Crippen LogP contribution in [-0.2, 0) is 0 Å². The van der Waals surface area contributed by atoms with E-state index in [1.54, 1.807) is 0 Å². The molecule has 1 N–H and O–H groups in total. The normalized spacial score (nSPS) is 24.9. The number of anilines is 1. The molecular formula is C16H16N4. The lowest BCUT2D eigenvalue weighted by molar-refractivity contribution is 0.533. The van der Waals surface area contributed by atoms with Crippen molar-refractivity contribution in [3.63, 3.8) is 0 Å². The molecule has 2 unspecified atom stereocenters. The monoisotopic (exact) mass is 264 g/mol. The van der Waals surface area contributed by atoms with Crippen molar-refractivity contribution in [3.05, 3.63) is 35.9 Å². The predicted octanol–water partition coefficient (Wildman–Crippen LogP) is 1.76. The molecule has 20 heavy (non-hydrogen) atoms. The van der Waals surface area contributed by atoms with Gasteiger partial charge in [0.2, 0.25) is 0 Å². The van der Waals surface area contributed by atoms with Crippen LogP contribution < -0.4 is 10.2 Å². The summed E-state index contributed by atoms with van der Waals surface area (Å²) in [5.41, 5.74) is 1.66. The van der Waals surface area contributed by atoms with Crippen molar-refractivity contribution in [3.8, 4) is 6.07 Å². The molecule has 2 fully saturated rings. The van der Waals surface area contributed by atoms with Crippen LogP contribution in [0.2, 0.25) is 0 Å². The number of nitrogens with zero attached hydrogens (tertiary/aromatic N) is 3. The molecule has 2 aliphatic rings. The van der Waals surface area contributed by atoms with Crippen LogP contribution in [0.1, 0.15) is 5.56 Å². The van der Waals surface area contributed by atoms with E-state index < -0.39 is 0 Å². The van der Waals surface area contributed by atoms with Gasteiger partial charge in [0, 0.05) is 31.6 Å². The Hall–Kier alpha value is -2.12. The fourth-order valence-corrected chi connectivity index (χ4v) is 3.46. The fourth-order valence-electron chi connectivity index (χ4n) is 3.46. The minimum Gasteiger partial charge on any atom is -0.355 e. The molecule has 1 aromatic carbocycles. The third kappa shape index (κ3) is 1.75. The first kappa shape index (κ1) is 11.7. The lowest BCUT2D eigenvalue weighted by atomic mass is 10.0. The van der Waals surface area contributed by atoms with Gasteiger partial charge in [-0.1, -0.05) is 18.2 Å². The molecule has 2 aromatic rings. The third-order valence-corrected chi connectivity index (χ3v) is 4.51. The smallest absolute Gasteiger partial charge is 0.147 e. The standard InChI is InChI=1S/C16H16N4/c17-6-12-5-11-3-1-2-4-15(11)19-16(12)20-9-13-7-18-8-14(13)10-20/h1-5,13-14,18H,7-10H2. The van der Waals surface area contributed by atoms with E-state index in [1.165, 1.54) is 0 Å². The molecule has 2 saturated heterocycles. The van der Waals surface area contributed by atoms with Gasteiger partial charge in [0.25, 0.3) is 0 Å². The van der Waals surface area contributed by atoms with Gasteiger partial charge < -0.3 is 10.2 Å². The SMILES string of the molecule is N#Cc1cc2ccccc2nc1N1CC2CNCC2C1. The Bertz CT molecular complexity index is 691. The number of benzene rings is 1. The van der Waals surface area contributed by atoms with Crippen LogP contribution in [0, 0.1) is 23.2 Å². The zero-order valence-electron chi connectivity index (χ0n) is 11.2. The van der Waals surface area contributed by atoms with Crippen LogP contribution in [0.25, 0.3) is 10.9 Å². The molecule has 1 aromatic heterocycles. The molecule has 0 radical (unpaired) electrons. The summed E-state index contributed by atoms with van der Waals surface area (Å²) >= 11 is 0. The molecule has 3 heterocycles. The molecular weight excluding hydrogens is 248 g/mol. The van der Waals surface area contributed by atoms with Crippen LogP contribution in [0.5, 0.6) is 0 Å².